The maximum absolute atomic E-state index is 14.1. The van der Waals surface area contributed by atoms with Crippen LogP contribution in [0.2, 0.25) is 10.0 Å². The van der Waals surface area contributed by atoms with Crippen LogP contribution in [-0.2, 0) is 17.6 Å². The smallest absolute Gasteiger partial charge is 0.227 e. The van der Waals surface area contributed by atoms with Crippen molar-refractivity contribution in [3.63, 3.8) is 0 Å². The highest BCUT2D eigenvalue weighted by molar-refractivity contribution is 6.42. The zero-order valence-corrected chi connectivity index (χ0v) is 26.7. The number of benzene rings is 3. The second-order valence-corrected chi connectivity index (χ2v) is 13.2. The molecule has 6 heteroatoms. The Morgan fingerprint density at radius 2 is 1.60 bits per heavy atom. The maximum Gasteiger partial charge on any atom is 0.227 e. The number of carbonyl (C=O) groups excluding carboxylic acids is 1. The van der Waals surface area contributed by atoms with E-state index in [0.29, 0.717) is 22.4 Å². The Morgan fingerprint density at radius 1 is 0.857 bits per heavy atom. The largest absolute Gasteiger partial charge is 0.491 e. The highest BCUT2D eigenvalue weighted by Crippen LogP contribution is 2.39. The number of hydrogen-bond acceptors (Lipinski definition) is 3. The topological polar surface area (TPSA) is 32.8 Å². The van der Waals surface area contributed by atoms with E-state index >= 15 is 0 Å². The normalized spacial score (nSPS) is 21.0. The van der Waals surface area contributed by atoms with Crippen LogP contribution in [0.5, 0.6) is 5.75 Å². The van der Waals surface area contributed by atoms with Gasteiger partial charge in [0.05, 0.1) is 28.6 Å². The van der Waals surface area contributed by atoms with E-state index in [0.717, 1.165) is 50.2 Å². The molecule has 0 aliphatic carbocycles. The van der Waals surface area contributed by atoms with Gasteiger partial charge in [-0.25, -0.2) is 0 Å². The predicted molar refractivity (Wildman–Crippen MR) is 174 cm³/mol. The molecule has 0 N–H and O–H groups in total. The van der Waals surface area contributed by atoms with Gasteiger partial charge >= 0.3 is 0 Å². The molecule has 5 rings (SSSR count). The standard InChI is InChI=1S/C36H44Cl2N2O2/c1-25(2)42-31-12-7-11-29(22-31)23-35(41)40-18-8-13-32(30-14-15-33(37)34(38)24-30)36(40)26(3)39-19-16-28(17-20-39)21-27-9-5-4-6-10-27/h4-7,9-12,14-15,22,24-26,28,32,36H,8,13,16-21,23H2,1-3H3. The molecule has 3 unspecified atom stereocenters. The lowest BCUT2D eigenvalue weighted by Crippen LogP contribution is -2.58. The van der Waals surface area contributed by atoms with Crippen molar-refractivity contribution >= 4 is 29.1 Å². The molecule has 0 spiro atoms. The van der Waals surface area contributed by atoms with Gasteiger partial charge < -0.3 is 9.64 Å². The number of hydrogen-bond donors (Lipinski definition) is 0. The number of likely N-dealkylation sites (tertiary alicyclic amines) is 2. The van der Waals surface area contributed by atoms with Gasteiger partial charge in [-0.1, -0.05) is 71.7 Å². The second-order valence-electron chi connectivity index (χ2n) is 12.4. The first kappa shape index (κ1) is 30.9. The summed E-state index contributed by atoms with van der Waals surface area (Å²) in [5.74, 6) is 1.89. The van der Waals surface area contributed by atoms with Gasteiger partial charge in [-0.2, -0.15) is 0 Å². The number of carbonyl (C=O) groups is 1. The summed E-state index contributed by atoms with van der Waals surface area (Å²) in [4.78, 5) is 18.9. The molecule has 3 aromatic carbocycles. The van der Waals surface area contributed by atoms with E-state index in [1.54, 1.807) is 0 Å². The molecular weight excluding hydrogens is 563 g/mol. The van der Waals surface area contributed by atoms with Gasteiger partial charge in [0.25, 0.3) is 0 Å². The Kier molecular flexibility index (Phi) is 10.5. The first-order valence-corrected chi connectivity index (χ1v) is 16.3. The molecule has 3 atom stereocenters. The molecule has 2 fully saturated rings. The molecule has 4 nitrogen and oxygen atoms in total. The molecule has 2 aliphatic heterocycles. The zero-order chi connectivity index (χ0) is 29.6. The zero-order valence-electron chi connectivity index (χ0n) is 25.1. The third-order valence-electron chi connectivity index (χ3n) is 9.09. The molecule has 0 radical (unpaired) electrons. The molecule has 2 saturated heterocycles. The first-order valence-electron chi connectivity index (χ1n) is 15.6. The number of amides is 1. The van der Waals surface area contributed by atoms with Gasteiger partial charge in [-0.3, -0.25) is 9.69 Å². The van der Waals surface area contributed by atoms with E-state index in [1.165, 1.54) is 24.0 Å². The lowest BCUT2D eigenvalue weighted by atomic mass is 9.79. The summed E-state index contributed by atoms with van der Waals surface area (Å²) in [5.41, 5.74) is 3.59. The molecule has 2 heterocycles. The van der Waals surface area contributed by atoms with Crippen molar-refractivity contribution < 1.29 is 9.53 Å². The number of piperidine rings is 2. The molecule has 1 amide bonds. The molecule has 42 heavy (non-hydrogen) atoms. The molecule has 0 saturated carbocycles. The minimum atomic E-state index is 0.0595. The lowest BCUT2D eigenvalue weighted by molar-refractivity contribution is -0.136. The fraction of sp³-hybridized carbons (Fsp3) is 0.472. The van der Waals surface area contributed by atoms with Gasteiger partial charge in [0.15, 0.2) is 0 Å². The Morgan fingerprint density at radius 3 is 2.31 bits per heavy atom. The summed E-state index contributed by atoms with van der Waals surface area (Å²) in [5, 5.41) is 1.14. The van der Waals surface area contributed by atoms with Crippen molar-refractivity contribution in [3.05, 3.63) is 99.5 Å². The van der Waals surface area contributed by atoms with E-state index in [2.05, 4.69) is 53.1 Å². The Bertz CT molecular complexity index is 1320. The van der Waals surface area contributed by atoms with E-state index in [1.807, 2.05) is 50.2 Å². The van der Waals surface area contributed by atoms with E-state index in [-0.39, 0.29) is 30.0 Å². The minimum absolute atomic E-state index is 0.0595. The summed E-state index contributed by atoms with van der Waals surface area (Å²) in [6, 6.07) is 25.1. The van der Waals surface area contributed by atoms with E-state index in [9.17, 15) is 4.79 Å². The van der Waals surface area contributed by atoms with Crippen LogP contribution in [0.3, 0.4) is 0 Å². The fourth-order valence-corrected chi connectivity index (χ4v) is 7.32. The average Bonchev–Trinajstić information content (AvgIpc) is 2.98. The summed E-state index contributed by atoms with van der Waals surface area (Å²) >= 11 is 12.8. The summed E-state index contributed by atoms with van der Waals surface area (Å²) in [6.45, 7) is 9.25. The van der Waals surface area contributed by atoms with Crippen LogP contribution < -0.4 is 4.74 Å². The number of rotatable bonds is 9. The monoisotopic (exact) mass is 606 g/mol. The van der Waals surface area contributed by atoms with Crippen molar-refractivity contribution in [1.29, 1.82) is 0 Å². The van der Waals surface area contributed by atoms with Gasteiger partial charge in [-0.15, -0.1) is 0 Å². The number of halogens is 2. The van der Waals surface area contributed by atoms with Gasteiger partial charge in [0, 0.05) is 18.5 Å². The quantitative estimate of drug-likeness (QED) is 0.245. The van der Waals surface area contributed by atoms with Gasteiger partial charge in [-0.05, 0) is 113 Å². The van der Waals surface area contributed by atoms with E-state index in [4.69, 9.17) is 27.9 Å². The van der Waals surface area contributed by atoms with Crippen LogP contribution in [0.15, 0.2) is 72.8 Å². The second kappa shape index (κ2) is 14.3. The molecule has 0 aromatic heterocycles. The third kappa shape index (κ3) is 7.70. The Hall–Kier alpha value is -2.53. The molecule has 2 aliphatic rings. The van der Waals surface area contributed by atoms with Crippen LogP contribution in [-0.4, -0.2) is 53.5 Å². The highest BCUT2D eigenvalue weighted by atomic mass is 35.5. The van der Waals surface area contributed by atoms with Gasteiger partial charge in [0.2, 0.25) is 5.91 Å². The Balaban J connectivity index is 1.35. The number of nitrogens with zero attached hydrogens (tertiary/aromatic N) is 2. The van der Waals surface area contributed by atoms with Crippen molar-refractivity contribution in [2.45, 2.75) is 83.4 Å². The molecule has 3 aromatic rings. The predicted octanol–water partition coefficient (Wildman–Crippen LogP) is 8.44. The van der Waals surface area contributed by atoms with Crippen LogP contribution in [0.25, 0.3) is 0 Å². The van der Waals surface area contributed by atoms with Crippen molar-refractivity contribution in [1.82, 2.24) is 9.80 Å². The maximum atomic E-state index is 14.1. The number of ether oxygens (including phenoxy) is 1. The van der Waals surface area contributed by atoms with Crippen LogP contribution >= 0.6 is 23.2 Å². The van der Waals surface area contributed by atoms with Crippen molar-refractivity contribution in [2.24, 2.45) is 5.92 Å². The lowest BCUT2D eigenvalue weighted by Gasteiger charge is -2.49. The van der Waals surface area contributed by atoms with Crippen LogP contribution in [0.4, 0.5) is 0 Å². The average molecular weight is 608 g/mol. The Labute approximate surface area is 262 Å². The summed E-state index contributed by atoms with van der Waals surface area (Å²) in [6.07, 6.45) is 5.95. The molecular formula is C36H44Cl2N2O2. The SMILES string of the molecule is CC(C)Oc1cccc(CC(=O)N2CCCC(c3ccc(Cl)c(Cl)c3)C2C(C)N2CCC(Cc3ccccc3)CC2)c1. The molecule has 0 bridgehead atoms. The first-order chi connectivity index (χ1) is 20.3. The van der Waals surface area contributed by atoms with Crippen molar-refractivity contribution in [3.8, 4) is 5.75 Å². The van der Waals surface area contributed by atoms with Crippen LogP contribution in [0, 0.1) is 5.92 Å². The fourth-order valence-electron chi connectivity index (χ4n) is 7.02. The highest BCUT2D eigenvalue weighted by Gasteiger charge is 2.41. The minimum Gasteiger partial charge on any atom is -0.491 e. The van der Waals surface area contributed by atoms with Gasteiger partial charge in [0.1, 0.15) is 5.75 Å². The van der Waals surface area contributed by atoms with E-state index < -0.39 is 0 Å². The van der Waals surface area contributed by atoms with Crippen molar-refractivity contribution in [2.75, 3.05) is 19.6 Å². The summed E-state index contributed by atoms with van der Waals surface area (Å²) in [7, 11) is 0. The van der Waals surface area contributed by atoms with Crippen LogP contribution in [0.1, 0.15) is 69.1 Å². The molecule has 224 valence electrons. The third-order valence-corrected chi connectivity index (χ3v) is 9.83. The summed E-state index contributed by atoms with van der Waals surface area (Å²) < 4.78 is 5.91.